The van der Waals surface area contributed by atoms with E-state index < -0.39 is 0 Å². The summed E-state index contributed by atoms with van der Waals surface area (Å²) in [5.41, 5.74) is 3.09. The number of imidazole rings is 1. The maximum absolute atomic E-state index is 10.8. The zero-order chi connectivity index (χ0) is 16.7. The molecule has 0 saturated heterocycles. The Kier molecular flexibility index (Phi) is 3.34. The number of benzene rings is 2. The van der Waals surface area contributed by atoms with Crippen LogP contribution in [0.4, 0.5) is 5.69 Å². The third-order valence-electron chi connectivity index (χ3n) is 4.41. The molecule has 0 amide bonds. The second-order valence-corrected chi connectivity index (χ2v) is 5.84. The summed E-state index contributed by atoms with van der Waals surface area (Å²) in [6.07, 6.45) is 0.701. The number of hydrogen-bond acceptors (Lipinski definition) is 3. The van der Waals surface area contributed by atoms with E-state index in [0.29, 0.717) is 17.8 Å². The third-order valence-corrected chi connectivity index (χ3v) is 4.41. The molecule has 0 saturated carbocycles. The van der Waals surface area contributed by atoms with E-state index in [-0.39, 0.29) is 17.6 Å². The lowest BCUT2D eigenvalue weighted by atomic mass is 10.1. The number of aliphatic hydroxyl groups is 1. The molecule has 0 fully saturated rings. The van der Waals surface area contributed by atoms with Crippen molar-refractivity contribution >= 4 is 28.1 Å². The van der Waals surface area contributed by atoms with Crippen molar-refractivity contribution in [2.75, 3.05) is 4.90 Å². The second kappa shape index (κ2) is 5.53. The number of anilines is 1. The Morgan fingerprint density at radius 2 is 1.83 bits per heavy atom. The Morgan fingerprint density at radius 3 is 2.54 bits per heavy atom. The van der Waals surface area contributed by atoms with Gasteiger partial charge in [0.15, 0.2) is 0 Å². The number of rotatable bonds is 3. The van der Waals surface area contributed by atoms with E-state index in [1.165, 1.54) is 0 Å². The molecule has 0 bridgehead atoms. The van der Waals surface area contributed by atoms with Crippen molar-refractivity contribution < 1.29 is 5.11 Å². The average molecular weight is 318 g/mol. The molecule has 0 radical (unpaired) electrons. The Balaban J connectivity index is 1.83. The van der Waals surface area contributed by atoms with E-state index in [2.05, 4.69) is 9.97 Å². The zero-order valence-corrected chi connectivity index (χ0v) is 13.3. The molecule has 1 atom stereocenters. The fourth-order valence-electron chi connectivity index (χ4n) is 3.26. The summed E-state index contributed by atoms with van der Waals surface area (Å²) in [6.45, 7) is 2.01. The van der Waals surface area contributed by atoms with E-state index in [1.54, 1.807) is 0 Å². The Bertz CT molecular complexity index is 909. The number of aliphatic hydroxyl groups excluding tert-OH is 1. The number of aromatic amines is 1. The molecule has 24 heavy (non-hydrogen) atoms. The van der Waals surface area contributed by atoms with Gasteiger partial charge in [-0.05, 0) is 30.7 Å². The molecule has 120 valence electrons. The van der Waals surface area contributed by atoms with Gasteiger partial charge in [-0.1, -0.05) is 37.3 Å². The first-order valence-corrected chi connectivity index (χ1v) is 8.02. The van der Waals surface area contributed by atoms with Crippen LogP contribution in [0.3, 0.4) is 0 Å². The van der Waals surface area contributed by atoms with Crippen LogP contribution < -0.4 is 4.90 Å². The van der Waals surface area contributed by atoms with Crippen molar-refractivity contribution in [3.63, 3.8) is 0 Å². The first kappa shape index (κ1) is 14.5. The van der Waals surface area contributed by atoms with Gasteiger partial charge in [-0.25, -0.2) is 4.98 Å². The Morgan fingerprint density at radius 1 is 1.12 bits per heavy atom. The molecule has 1 aliphatic heterocycles. The maximum Gasteiger partial charge on any atom is 0.145 e. The van der Waals surface area contributed by atoms with Crippen LogP contribution in [0.1, 0.15) is 19.2 Å². The van der Waals surface area contributed by atoms with Crippen molar-refractivity contribution in [3.8, 4) is 0 Å². The fraction of sp³-hybridized carbons (Fsp3) is 0.158. The number of nitrogens with zero attached hydrogens (tertiary/aromatic N) is 2. The van der Waals surface area contributed by atoms with Gasteiger partial charge in [0.1, 0.15) is 17.4 Å². The predicted octanol–water partition coefficient (Wildman–Crippen LogP) is 4.11. The predicted molar refractivity (Wildman–Crippen MR) is 96.4 cm³/mol. The summed E-state index contributed by atoms with van der Waals surface area (Å²) in [5.74, 6) is 1.01. The lowest BCUT2D eigenvalue weighted by molar-refractivity contribution is 0.373. The van der Waals surface area contributed by atoms with Gasteiger partial charge >= 0.3 is 0 Å². The van der Waals surface area contributed by atoms with Crippen LogP contribution in [-0.2, 0) is 0 Å². The minimum atomic E-state index is -0.247. The highest BCUT2D eigenvalue weighted by Crippen LogP contribution is 2.36. The molecule has 4 rings (SSSR count). The van der Waals surface area contributed by atoms with Gasteiger partial charge in [0.25, 0.3) is 0 Å². The van der Waals surface area contributed by atoms with Gasteiger partial charge in [-0.3, -0.25) is 5.41 Å². The summed E-state index contributed by atoms with van der Waals surface area (Å²) < 4.78 is 0. The van der Waals surface area contributed by atoms with Gasteiger partial charge in [0.2, 0.25) is 0 Å². The average Bonchev–Trinajstić information content (AvgIpc) is 3.13. The van der Waals surface area contributed by atoms with Gasteiger partial charge in [0.05, 0.1) is 22.6 Å². The van der Waals surface area contributed by atoms with E-state index in [0.717, 1.165) is 16.7 Å². The number of hydrogen-bond donors (Lipinski definition) is 3. The molecule has 1 aromatic heterocycles. The first-order valence-electron chi connectivity index (χ1n) is 8.02. The summed E-state index contributed by atoms with van der Waals surface area (Å²) in [5, 5.41) is 19.4. The van der Waals surface area contributed by atoms with Crippen LogP contribution in [0, 0.1) is 5.41 Å². The fourth-order valence-corrected chi connectivity index (χ4v) is 3.26. The second-order valence-electron chi connectivity index (χ2n) is 5.84. The molecule has 0 spiro atoms. The van der Waals surface area contributed by atoms with E-state index in [9.17, 15) is 5.11 Å². The summed E-state index contributed by atoms with van der Waals surface area (Å²) >= 11 is 0. The van der Waals surface area contributed by atoms with Crippen LogP contribution in [0.2, 0.25) is 0 Å². The van der Waals surface area contributed by atoms with Gasteiger partial charge in [0, 0.05) is 5.69 Å². The largest absolute Gasteiger partial charge is 0.509 e. The molecule has 3 aromatic rings. The van der Waals surface area contributed by atoms with E-state index in [4.69, 9.17) is 5.41 Å². The van der Waals surface area contributed by atoms with E-state index >= 15 is 0 Å². The van der Waals surface area contributed by atoms with Crippen molar-refractivity contribution in [2.24, 2.45) is 0 Å². The van der Waals surface area contributed by atoms with Crippen LogP contribution in [-0.4, -0.2) is 27.0 Å². The SMILES string of the molecule is CC[C@@H]1C(O)=C(c2nc3ccccc3[nH]2)C(=N)N1c1ccccc1. The normalized spacial score (nSPS) is 18.0. The molecule has 0 unspecified atom stereocenters. The van der Waals surface area contributed by atoms with Crippen molar-refractivity contribution in [3.05, 3.63) is 66.2 Å². The monoisotopic (exact) mass is 318 g/mol. The maximum atomic E-state index is 10.8. The molecule has 1 aliphatic rings. The number of amidine groups is 1. The summed E-state index contributed by atoms with van der Waals surface area (Å²) in [6, 6.07) is 17.2. The smallest absolute Gasteiger partial charge is 0.145 e. The van der Waals surface area contributed by atoms with Crippen molar-refractivity contribution in [1.82, 2.24) is 9.97 Å². The highest BCUT2D eigenvalue weighted by molar-refractivity contribution is 6.30. The van der Waals surface area contributed by atoms with Gasteiger partial charge in [-0.15, -0.1) is 0 Å². The van der Waals surface area contributed by atoms with E-state index in [1.807, 2.05) is 66.4 Å². The standard InChI is InChI=1S/C19H18N4O/c1-2-15-17(24)16(18(20)23(15)12-8-4-3-5-9-12)19-21-13-10-6-7-11-14(13)22-19/h3-11,15,20,24H,2H2,1H3,(H,21,22)/t15-/m1/s1. The van der Waals surface area contributed by atoms with Crippen molar-refractivity contribution in [1.29, 1.82) is 5.41 Å². The number of para-hydroxylation sites is 3. The highest BCUT2D eigenvalue weighted by Gasteiger charge is 2.38. The van der Waals surface area contributed by atoms with Crippen LogP contribution in [0.15, 0.2) is 60.4 Å². The number of fused-ring (bicyclic) bond motifs is 1. The lowest BCUT2D eigenvalue weighted by Gasteiger charge is -2.26. The molecule has 2 heterocycles. The molecule has 5 nitrogen and oxygen atoms in total. The first-order chi connectivity index (χ1) is 11.7. The molecule has 5 heteroatoms. The molecule has 3 N–H and O–H groups in total. The minimum Gasteiger partial charge on any atom is -0.509 e. The van der Waals surface area contributed by atoms with Crippen molar-refractivity contribution in [2.45, 2.75) is 19.4 Å². The third kappa shape index (κ3) is 2.09. The van der Waals surface area contributed by atoms with Crippen LogP contribution in [0.25, 0.3) is 16.6 Å². The summed E-state index contributed by atoms with van der Waals surface area (Å²) in [7, 11) is 0. The Labute approximate surface area is 139 Å². The highest BCUT2D eigenvalue weighted by atomic mass is 16.3. The van der Waals surface area contributed by atoms with Gasteiger partial charge in [-0.2, -0.15) is 0 Å². The van der Waals surface area contributed by atoms with Crippen LogP contribution >= 0.6 is 0 Å². The summed E-state index contributed by atoms with van der Waals surface area (Å²) in [4.78, 5) is 9.63. The molecule has 2 aromatic carbocycles. The molecule has 0 aliphatic carbocycles. The van der Waals surface area contributed by atoms with Crippen LogP contribution in [0.5, 0.6) is 0 Å². The molecular formula is C19H18N4O. The number of nitrogens with one attached hydrogen (secondary N) is 2. The topological polar surface area (TPSA) is 76.0 Å². The zero-order valence-electron chi connectivity index (χ0n) is 13.3. The van der Waals surface area contributed by atoms with Gasteiger partial charge < -0.3 is 15.0 Å². The minimum absolute atomic E-state index is 0.199. The number of aromatic nitrogens is 2. The molecular weight excluding hydrogens is 300 g/mol. The Hall–Kier alpha value is -3.08. The quantitative estimate of drug-likeness (QED) is 0.680. The lowest BCUT2D eigenvalue weighted by Crippen LogP contribution is -2.34. The number of H-pyrrole nitrogens is 1.